The van der Waals surface area contributed by atoms with Gasteiger partial charge in [-0.15, -0.1) is 0 Å². The van der Waals surface area contributed by atoms with Gasteiger partial charge in [0.1, 0.15) is 5.54 Å². The van der Waals surface area contributed by atoms with Gasteiger partial charge in [-0.2, -0.15) is 0 Å². The topological polar surface area (TPSA) is 89.9 Å². The minimum Gasteiger partial charge on any atom is -0.480 e. The van der Waals surface area contributed by atoms with Crippen LogP contribution in [0.5, 0.6) is 0 Å². The summed E-state index contributed by atoms with van der Waals surface area (Å²) >= 11 is 0. The van der Waals surface area contributed by atoms with E-state index in [4.69, 9.17) is 5.11 Å². The molecule has 0 saturated heterocycles. The molecule has 0 radical (unpaired) electrons. The highest BCUT2D eigenvalue weighted by molar-refractivity contribution is 5.86. The summed E-state index contributed by atoms with van der Waals surface area (Å²) in [5, 5.41) is 20.6. The van der Waals surface area contributed by atoms with Gasteiger partial charge < -0.3 is 20.4 Å². The zero-order valence-electron chi connectivity index (χ0n) is 10.3. The van der Waals surface area contributed by atoms with Crippen molar-refractivity contribution in [3.05, 3.63) is 0 Å². The lowest BCUT2D eigenvalue weighted by molar-refractivity contribution is -0.144. The fourth-order valence-electron chi connectivity index (χ4n) is 1.82. The first-order valence-corrected chi connectivity index (χ1v) is 5.87. The number of aliphatic carboxylic acids is 1. The Morgan fingerprint density at radius 3 is 2.41 bits per heavy atom. The molecule has 1 rings (SSSR count). The summed E-state index contributed by atoms with van der Waals surface area (Å²) in [6, 6.07) is -0.432. The third-order valence-corrected chi connectivity index (χ3v) is 3.24. The van der Waals surface area contributed by atoms with Gasteiger partial charge in [0.05, 0.1) is 6.61 Å². The normalized spacial score (nSPS) is 18.3. The Kier molecular flexibility index (Phi) is 4.34. The SMILES string of the molecule is CCN(CCO)C(=O)NC(C)(C(=O)O)C1CC1. The third kappa shape index (κ3) is 3.09. The highest BCUT2D eigenvalue weighted by Crippen LogP contribution is 2.39. The number of nitrogens with one attached hydrogen (secondary N) is 1. The Labute approximate surface area is 101 Å². The minimum atomic E-state index is -1.19. The number of carboxylic acid groups (broad SMARTS) is 1. The lowest BCUT2D eigenvalue weighted by atomic mass is 9.96. The molecule has 2 amide bonds. The van der Waals surface area contributed by atoms with Gasteiger partial charge in [0.15, 0.2) is 0 Å². The molecule has 1 saturated carbocycles. The van der Waals surface area contributed by atoms with E-state index in [1.54, 1.807) is 6.92 Å². The molecule has 0 heterocycles. The Morgan fingerprint density at radius 1 is 1.47 bits per heavy atom. The molecule has 0 aromatic rings. The van der Waals surface area contributed by atoms with Gasteiger partial charge in [0, 0.05) is 13.1 Å². The molecule has 0 spiro atoms. The van der Waals surface area contributed by atoms with Gasteiger partial charge in [-0.1, -0.05) is 0 Å². The first-order valence-electron chi connectivity index (χ1n) is 5.87. The number of amides is 2. The van der Waals surface area contributed by atoms with E-state index in [-0.39, 0.29) is 19.1 Å². The van der Waals surface area contributed by atoms with Gasteiger partial charge in [-0.25, -0.2) is 9.59 Å². The van der Waals surface area contributed by atoms with E-state index in [9.17, 15) is 14.7 Å². The fraction of sp³-hybridized carbons (Fsp3) is 0.818. The van der Waals surface area contributed by atoms with E-state index in [0.29, 0.717) is 6.54 Å². The number of hydrogen-bond donors (Lipinski definition) is 3. The van der Waals surface area contributed by atoms with Crippen molar-refractivity contribution in [2.75, 3.05) is 19.7 Å². The third-order valence-electron chi connectivity index (χ3n) is 3.24. The molecule has 6 nitrogen and oxygen atoms in total. The summed E-state index contributed by atoms with van der Waals surface area (Å²) in [6.45, 7) is 3.84. The second kappa shape index (κ2) is 5.35. The van der Waals surface area contributed by atoms with Crippen LogP contribution in [-0.2, 0) is 4.79 Å². The minimum absolute atomic E-state index is 0.0109. The quantitative estimate of drug-likeness (QED) is 0.625. The number of hydrogen-bond acceptors (Lipinski definition) is 3. The fourth-order valence-corrected chi connectivity index (χ4v) is 1.82. The number of rotatable bonds is 6. The zero-order valence-corrected chi connectivity index (χ0v) is 10.3. The molecule has 1 fully saturated rings. The maximum absolute atomic E-state index is 11.9. The number of likely N-dealkylation sites (N-methyl/N-ethyl adjacent to an activating group) is 1. The molecular formula is C11H20N2O4. The molecule has 1 aliphatic rings. The second-order valence-electron chi connectivity index (χ2n) is 4.52. The summed E-state index contributed by atoms with van der Waals surface area (Å²) in [7, 11) is 0. The molecule has 0 aromatic carbocycles. The highest BCUT2D eigenvalue weighted by atomic mass is 16.4. The molecule has 0 aromatic heterocycles. The maximum Gasteiger partial charge on any atom is 0.329 e. The van der Waals surface area contributed by atoms with Gasteiger partial charge >= 0.3 is 12.0 Å². The first-order chi connectivity index (χ1) is 7.95. The number of carboxylic acids is 1. The Morgan fingerprint density at radius 2 is 2.06 bits per heavy atom. The maximum atomic E-state index is 11.9. The Bertz CT molecular complexity index is 304. The van der Waals surface area contributed by atoms with Crippen LogP contribution in [0.1, 0.15) is 26.7 Å². The molecule has 1 unspecified atom stereocenters. The van der Waals surface area contributed by atoms with E-state index in [1.165, 1.54) is 11.8 Å². The molecule has 1 aliphatic carbocycles. The van der Waals surface area contributed by atoms with E-state index < -0.39 is 17.5 Å². The van der Waals surface area contributed by atoms with Crippen molar-refractivity contribution in [3.8, 4) is 0 Å². The van der Waals surface area contributed by atoms with E-state index >= 15 is 0 Å². The number of aliphatic hydroxyl groups excluding tert-OH is 1. The van der Waals surface area contributed by atoms with Crippen molar-refractivity contribution in [3.63, 3.8) is 0 Å². The van der Waals surface area contributed by atoms with Crippen molar-refractivity contribution in [1.29, 1.82) is 0 Å². The monoisotopic (exact) mass is 244 g/mol. The van der Waals surface area contributed by atoms with Crippen LogP contribution >= 0.6 is 0 Å². The Balaban J connectivity index is 2.66. The van der Waals surface area contributed by atoms with Crippen molar-refractivity contribution >= 4 is 12.0 Å². The molecule has 0 aliphatic heterocycles. The Hall–Kier alpha value is -1.30. The summed E-state index contributed by atoms with van der Waals surface area (Å²) in [4.78, 5) is 24.5. The standard InChI is InChI=1S/C11H20N2O4/c1-3-13(6-7-14)10(17)12-11(2,9(15)16)8-4-5-8/h8,14H,3-7H2,1-2H3,(H,12,17)(H,15,16). The van der Waals surface area contributed by atoms with Gasteiger partial charge in [-0.3, -0.25) is 0 Å². The van der Waals surface area contributed by atoms with Crippen LogP contribution in [0.25, 0.3) is 0 Å². The predicted octanol–water partition coefficient (Wildman–Crippen LogP) is 0.263. The summed E-state index contributed by atoms with van der Waals surface area (Å²) in [5.74, 6) is -0.995. The number of urea groups is 1. The highest BCUT2D eigenvalue weighted by Gasteiger charge is 2.49. The average Bonchev–Trinajstić information content (AvgIpc) is 3.08. The number of nitrogens with zero attached hydrogens (tertiary/aromatic N) is 1. The number of aliphatic hydroxyl groups is 1. The summed E-state index contributed by atoms with van der Waals surface area (Å²) in [6.07, 6.45) is 1.66. The molecular weight excluding hydrogens is 224 g/mol. The van der Waals surface area contributed by atoms with E-state index in [0.717, 1.165) is 12.8 Å². The van der Waals surface area contributed by atoms with Crippen LogP contribution in [0.3, 0.4) is 0 Å². The van der Waals surface area contributed by atoms with E-state index in [2.05, 4.69) is 5.32 Å². The summed E-state index contributed by atoms with van der Waals surface area (Å²) < 4.78 is 0. The van der Waals surface area contributed by atoms with Crippen molar-refractivity contribution in [2.24, 2.45) is 5.92 Å². The lowest BCUT2D eigenvalue weighted by Crippen LogP contribution is -2.57. The molecule has 3 N–H and O–H groups in total. The smallest absolute Gasteiger partial charge is 0.329 e. The van der Waals surface area contributed by atoms with Crippen LogP contribution in [0.2, 0.25) is 0 Å². The van der Waals surface area contributed by atoms with Crippen LogP contribution < -0.4 is 5.32 Å². The molecule has 98 valence electrons. The van der Waals surface area contributed by atoms with Gasteiger partial charge in [0.2, 0.25) is 0 Å². The molecule has 17 heavy (non-hydrogen) atoms. The molecule has 6 heteroatoms. The van der Waals surface area contributed by atoms with Crippen molar-refractivity contribution < 1.29 is 19.8 Å². The molecule has 0 bridgehead atoms. The first kappa shape index (κ1) is 13.8. The second-order valence-corrected chi connectivity index (χ2v) is 4.52. The van der Waals surface area contributed by atoms with Crippen LogP contribution in [0.4, 0.5) is 4.79 Å². The molecule has 1 atom stereocenters. The van der Waals surface area contributed by atoms with Crippen LogP contribution in [-0.4, -0.2) is 52.3 Å². The summed E-state index contributed by atoms with van der Waals surface area (Å²) in [5.41, 5.74) is -1.19. The van der Waals surface area contributed by atoms with Crippen molar-refractivity contribution in [1.82, 2.24) is 10.2 Å². The van der Waals surface area contributed by atoms with Crippen LogP contribution in [0, 0.1) is 5.92 Å². The number of carbonyl (C=O) groups is 2. The number of carbonyl (C=O) groups excluding carboxylic acids is 1. The average molecular weight is 244 g/mol. The predicted molar refractivity (Wildman–Crippen MR) is 61.6 cm³/mol. The van der Waals surface area contributed by atoms with E-state index in [1.807, 2.05) is 0 Å². The lowest BCUT2D eigenvalue weighted by Gasteiger charge is -2.30. The van der Waals surface area contributed by atoms with Gasteiger partial charge in [-0.05, 0) is 32.6 Å². The largest absolute Gasteiger partial charge is 0.480 e. The van der Waals surface area contributed by atoms with Crippen molar-refractivity contribution in [2.45, 2.75) is 32.2 Å². The van der Waals surface area contributed by atoms with Crippen LogP contribution in [0.15, 0.2) is 0 Å². The zero-order chi connectivity index (χ0) is 13.1. The van der Waals surface area contributed by atoms with Gasteiger partial charge in [0.25, 0.3) is 0 Å².